The molecule has 1 aliphatic heterocycles. The van der Waals surface area contributed by atoms with E-state index in [1.165, 1.54) is 12.1 Å². The summed E-state index contributed by atoms with van der Waals surface area (Å²) in [6.07, 6.45) is -3.70. The number of aliphatic imine (C=N–C) groups is 1. The van der Waals surface area contributed by atoms with E-state index in [1.54, 1.807) is 12.1 Å². The van der Waals surface area contributed by atoms with Gasteiger partial charge in [0.05, 0.1) is 18.3 Å². The Morgan fingerprint density at radius 3 is 2.32 bits per heavy atom. The molecule has 0 fully saturated rings. The molecule has 0 unspecified atom stereocenters. The summed E-state index contributed by atoms with van der Waals surface area (Å²) in [5.41, 5.74) is 4.20. The van der Waals surface area contributed by atoms with Gasteiger partial charge in [-0.2, -0.15) is 13.2 Å². The van der Waals surface area contributed by atoms with Crippen LogP contribution in [-0.4, -0.2) is 5.71 Å². The van der Waals surface area contributed by atoms with E-state index in [9.17, 15) is 13.2 Å². The minimum Gasteiger partial charge on any atom is -0.247 e. The highest BCUT2D eigenvalue weighted by Gasteiger charge is 2.30. The highest BCUT2D eigenvalue weighted by Crippen LogP contribution is 2.32. The molecule has 0 radical (unpaired) electrons. The van der Waals surface area contributed by atoms with Crippen LogP contribution in [0.3, 0.4) is 0 Å². The molecule has 1 heterocycles. The molecule has 0 saturated heterocycles. The molecule has 3 aromatic carbocycles. The van der Waals surface area contributed by atoms with Crippen molar-refractivity contribution in [2.75, 3.05) is 0 Å². The first-order valence-electron chi connectivity index (χ1n) is 8.36. The van der Waals surface area contributed by atoms with Gasteiger partial charge in [-0.3, -0.25) is 0 Å². The van der Waals surface area contributed by atoms with Crippen LogP contribution in [0.25, 0.3) is 0 Å². The Morgan fingerprint density at radius 2 is 1.56 bits per heavy atom. The summed E-state index contributed by atoms with van der Waals surface area (Å²) in [6, 6.07) is 18.5. The van der Waals surface area contributed by atoms with E-state index in [1.807, 2.05) is 30.3 Å². The molecule has 0 aromatic heterocycles. The first-order valence-corrected chi connectivity index (χ1v) is 7.86. The molecule has 25 heavy (non-hydrogen) atoms. The standard InChI is InChI=1S/C21H14F3N/c22-21(23,24)17-11-9-14(10-12-17)20-18-7-3-1-5-15(18)13-16-6-2-4-8-19(16)25-20/h1-12H,13H2/i4D. The fourth-order valence-electron chi connectivity index (χ4n) is 3.04. The van der Waals surface area contributed by atoms with E-state index < -0.39 is 11.7 Å². The summed E-state index contributed by atoms with van der Waals surface area (Å²) in [5, 5.41) is 0. The van der Waals surface area contributed by atoms with Crippen LogP contribution in [0, 0.1) is 0 Å². The minimum atomic E-state index is -4.37. The second-order valence-corrected chi connectivity index (χ2v) is 5.92. The van der Waals surface area contributed by atoms with E-state index in [-0.39, 0.29) is 0 Å². The van der Waals surface area contributed by atoms with Crippen LogP contribution < -0.4 is 0 Å². The third-order valence-electron chi connectivity index (χ3n) is 4.30. The lowest BCUT2D eigenvalue weighted by molar-refractivity contribution is -0.137. The number of para-hydroxylation sites is 1. The molecule has 1 nitrogen and oxygen atoms in total. The van der Waals surface area contributed by atoms with Gasteiger partial charge in [-0.25, -0.2) is 4.99 Å². The van der Waals surface area contributed by atoms with Crippen molar-refractivity contribution in [1.29, 1.82) is 0 Å². The van der Waals surface area contributed by atoms with Gasteiger partial charge in [0.1, 0.15) is 0 Å². The molecule has 1 aliphatic rings. The quantitative estimate of drug-likeness (QED) is 0.417. The van der Waals surface area contributed by atoms with Gasteiger partial charge in [0.25, 0.3) is 0 Å². The predicted octanol–water partition coefficient (Wildman–Crippen LogP) is 5.78. The van der Waals surface area contributed by atoms with Crippen molar-refractivity contribution in [1.82, 2.24) is 0 Å². The normalized spacial score (nSPS) is 14.0. The zero-order valence-corrected chi connectivity index (χ0v) is 13.1. The minimum absolute atomic E-state index is 0.352. The van der Waals surface area contributed by atoms with Gasteiger partial charge in [0.15, 0.2) is 0 Å². The monoisotopic (exact) mass is 338 g/mol. The number of fused-ring (bicyclic) bond motifs is 2. The highest BCUT2D eigenvalue weighted by molar-refractivity contribution is 6.15. The molecule has 4 rings (SSSR count). The average molecular weight is 338 g/mol. The van der Waals surface area contributed by atoms with Crippen LogP contribution in [0.15, 0.2) is 77.8 Å². The van der Waals surface area contributed by atoms with Gasteiger partial charge in [-0.05, 0) is 29.3 Å². The number of hydrogen-bond donors (Lipinski definition) is 0. The maximum absolute atomic E-state index is 12.9. The van der Waals surface area contributed by atoms with E-state index in [2.05, 4.69) is 0 Å². The fourth-order valence-corrected chi connectivity index (χ4v) is 3.04. The smallest absolute Gasteiger partial charge is 0.247 e. The molecule has 4 heteroatoms. The van der Waals surface area contributed by atoms with E-state index in [0.717, 1.165) is 28.8 Å². The van der Waals surface area contributed by atoms with E-state index >= 15 is 0 Å². The van der Waals surface area contributed by atoms with Gasteiger partial charge in [-0.15, -0.1) is 0 Å². The van der Waals surface area contributed by atoms with Crippen LogP contribution in [0.2, 0.25) is 0 Å². The zero-order chi connectivity index (χ0) is 18.3. The van der Waals surface area contributed by atoms with Crippen LogP contribution >= 0.6 is 0 Å². The summed E-state index contributed by atoms with van der Waals surface area (Å²) in [6.45, 7) is 0. The topological polar surface area (TPSA) is 12.4 Å². The number of benzene rings is 3. The molecule has 0 N–H and O–H groups in total. The Balaban J connectivity index is 1.90. The average Bonchev–Trinajstić information content (AvgIpc) is 2.77. The Bertz CT molecular complexity index is 1000. The molecular weight excluding hydrogens is 323 g/mol. The summed E-state index contributed by atoms with van der Waals surface area (Å²) in [5.74, 6) is 0. The third-order valence-corrected chi connectivity index (χ3v) is 4.30. The van der Waals surface area contributed by atoms with Crippen molar-refractivity contribution in [2.24, 2.45) is 4.99 Å². The Morgan fingerprint density at radius 1 is 0.840 bits per heavy atom. The second-order valence-electron chi connectivity index (χ2n) is 5.92. The van der Waals surface area contributed by atoms with Crippen molar-refractivity contribution < 1.29 is 14.5 Å². The molecule has 124 valence electrons. The van der Waals surface area contributed by atoms with Crippen molar-refractivity contribution in [3.05, 3.63) is 101 Å². The number of nitrogens with zero attached hydrogens (tertiary/aromatic N) is 1. The lowest BCUT2D eigenvalue weighted by atomic mass is 9.94. The summed E-state index contributed by atoms with van der Waals surface area (Å²) in [7, 11) is 0. The lowest BCUT2D eigenvalue weighted by Gasteiger charge is -2.11. The van der Waals surface area contributed by atoms with Crippen molar-refractivity contribution >= 4 is 11.4 Å². The van der Waals surface area contributed by atoms with E-state index in [0.29, 0.717) is 29.4 Å². The van der Waals surface area contributed by atoms with Crippen molar-refractivity contribution in [3.63, 3.8) is 0 Å². The largest absolute Gasteiger partial charge is 0.416 e. The van der Waals surface area contributed by atoms with Crippen molar-refractivity contribution in [2.45, 2.75) is 12.6 Å². The first-order chi connectivity index (χ1) is 12.4. The number of hydrogen-bond acceptors (Lipinski definition) is 1. The number of alkyl halides is 3. The lowest BCUT2D eigenvalue weighted by Crippen LogP contribution is -2.08. The van der Waals surface area contributed by atoms with Crippen LogP contribution in [0.1, 0.15) is 29.2 Å². The fraction of sp³-hybridized carbons (Fsp3) is 0.0952. The molecular formula is C21H14F3N. The Labute approximate surface area is 144 Å². The van der Waals surface area contributed by atoms with Crippen LogP contribution in [-0.2, 0) is 12.6 Å². The number of rotatable bonds is 1. The van der Waals surface area contributed by atoms with Gasteiger partial charge < -0.3 is 0 Å². The highest BCUT2D eigenvalue weighted by atomic mass is 19.4. The van der Waals surface area contributed by atoms with Crippen LogP contribution in [0.4, 0.5) is 18.9 Å². The maximum Gasteiger partial charge on any atom is 0.416 e. The van der Waals surface area contributed by atoms with Gasteiger partial charge in [0, 0.05) is 17.5 Å². The first kappa shape index (κ1) is 14.5. The SMILES string of the molecule is [2H]c1ccc2c(c1)N=C(c1ccc(C(F)(F)F)cc1)c1ccccc1C2. The van der Waals surface area contributed by atoms with Crippen molar-refractivity contribution in [3.8, 4) is 0 Å². The second kappa shape index (κ2) is 5.88. The molecule has 0 saturated carbocycles. The number of halogens is 3. The van der Waals surface area contributed by atoms with Gasteiger partial charge in [0.2, 0.25) is 0 Å². The van der Waals surface area contributed by atoms with Gasteiger partial charge in [-0.1, -0.05) is 54.6 Å². The van der Waals surface area contributed by atoms with Gasteiger partial charge >= 0.3 is 6.18 Å². The Hall–Kier alpha value is -2.88. The molecule has 0 bridgehead atoms. The van der Waals surface area contributed by atoms with Crippen LogP contribution in [0.5, 0.6) is 0 Å². The molecule has 0 aliphatic carbocycles. The summed E-state index contributed by atoms with van der Waals surface area (Å²) >= 11 is 0. The zero-order valence-electron chi connectivity index (χ0n) is 14.1. The summed E-state index contributed by atoms with van der Waals surface area (Å²) < 4.78 is 46.4. The molecule has 0 atom stereocenters. The molecule has 0 spiro atoms. The molecule has 3 aromatic rings. The predicted molar refractivity (Wildman–Crippen MR) is 92.4 cm³/mol. The molecule has 0 amide bonds. The third kappa shape index (κ3) is 2.95. The summed E-state index contributed by atoms with van der Waals surface area (Å²) in [4.78, 5) is 4.72. The maximum atomic E-state index is 12.9. The van der Waals surface area contributed by atoms with E-state index in [4.69, 9.17) is 6.36 Å². The Kier molecular flexibility index (Phi) is 3.40.